The molecule has 1 rings (SSSR count). The molecule has 1 heteroatoms. The van der Waals surface area contributed by atoms with Gasteiger partial charge in [-0.2, -0.15) is 0 Å². The molecule has 0 spiro atoms. The Bertz CT molecular complexity index is 360. The molecule has 0 aliphatic carbocycles. The molecule has 0 saturated carbocycles. The molecule has 1 aromatic rings. The third-order valence-electron chi connectivity index (χ3n) is 1.82. The van der Waals surface area contributed by atoms with Gasteiger partial charge in [-0.05, 0) is 18.6 Å². The van der Waals surface area contributed by atoms with Crippen LogP contribution in [0.15, 0.2) is 67.0 Å². The molecular weight excluding hydrogens is 184 g/mol. The summed E-state index contributed by atoms with van der Waals surface area (Å²) in [7, 11) is 0. The quantitative estimate of drug-likeness (QED) is 0.518. The van der Waals surface area contributed by atoms with Crippen LogP contribution in [0.1, 0.15) is 12.5 Å². The van der Waals surface area contributed by atoms with Crippen LogP contribution < -0.4 is 0 Å². The van der Waals surface area contributed by atoms with Crippen molar-refractivity contribution >= 4 is 0 Å². The fourth-order valence-electron chi connectivity index (χ4n) is 1.03. The standard InChI is InChI=1S/C14H16O/c1-12(2)9-10-13(3)15-11-14-7-5-4-6-8-14/h4-10H,1,3,11H2,2H3/b10-9-. The number of allylic oxidation sites excluding steroid dienone is 3. The Morgan fingerprint density at radius 2 is 1.87 bits per heavy atom. The van der Waals surface area contributed by atoms with Crippen LogP contribution in [0, 0.1) is 0 Å². The zero-order valence-electron chi connectivity index (χ0n) is 9.07. The predicted molar refractivity (Wildman–Crippen MR) is 64.3 cm³/mol. The van der Waals surface area contributed by atoms with Crippen molar-refractivity contribution < 1.29 is 4.74 Å². The van der Waals surface area contributed by atoms with E-state index in [0.29, 0.717) is 12.4 Å². The molecule has 15 heavy (non-hydrogen) atoms. The summed E-state index contributed by atoms with van der Waals surface area (Å²) in [6.07, 6.45) is 3.71. The Hall–Kier alpha value is -1.76. The smallest absolute Gasteiger partial charge is 0.113 e. The molecule has 78 valence electrons. The molecular formula is C14H16O. The van der Waals surface area contributed by atoms with Crippen molar-refractivity contribution in [3.05, 3.63) is 72.5 Å². The van der Waals surface area contributed by atoms with E-state index in [9.17, 15) is 0 Å². The molecule has 0 aliphatic heterocycles. The average molecular weight is 200 g/mol. The van der Waals surface area contributed by atoms with Crippen LogP contribution in [0.4, 0.5) is 0 Å². The summed E-state index contributed by atoms with van der Waals surface area (Å²) in [5.41, 5.74) is 2.13. The van der Waals surface area contributed by atoms with E-state index in [0.717, 1.165) is 11.1 Å². The molecule has 0 heterocycles. The highest BCUT2D eigenvalue weighted by Gasteiger charge is 1.92. The summed E-state index contributed by atoms with van der Waals surface area (Å²) in [6.45, 7) is 10.0. The molecule has 0 N–H and O–H groups in total. The van der Waals surface area contributed by atoms with E-state index in [1.54, 1.807) is 0 Å². The summed E-state index contributed by atoms with van der Waals surface area (Å²) in [4.78, 5) is 0. The molecule has 1 aromatic carbocycles. The Kier molecular flexibility index (Phi) is 4.42. The molecule has 0 fully saturated rings. The molecule has 0 aromatic heterocycles. The minimum Gasteiger partial charge on any atom is -0.490 e. The van der Waals surface area contributed by atoms with Gasteiger partial charge in [-0.15, -0.1) is 0 Å². The maximum Gasteiger partial charge on any atom is 0.113 e. The first kappa shape index (κ1) is 11.3. The van der Waals surface area contributed by atoms with E-state index in [-0.39, 0.29) is 0 Å². The van der Waals surface area contributed by atoms with Crippen molar-refractivity contribution in [2.24, 2.45) is 0 Å². The molecule has 0 amide bonds. The molecule has 0 unspecified atom stereocenters. The van der Waals surface area contributed by atoms with E-state index in [2.05, 4.69) is 13.2 Å². The van der Waals surface area contributed by atoms with Crippen molar-refractivity contribution in [2.75, 3.05) is 0 Å². The van der Waals surface area contributed by atoms with Gasteiger partial charge in [0.15, 0.2) is 0 Å². The van der Waals surface area contributed by atoms with E-state index in [1.165, 1.54) is 0 Å². The number of benzene rings is 1. The number of hydrogen-bond donors (Lipinski definition) is 0. The normalized spacial score (nSPS) is 10.2. The fourth-order valence-corrected chi connectivity index (χ4v) is 1.03. The highest BCUT2D eigenvalue weighted by atomic mass is 16.5. The van der Waals surface area contributed by atoms with Gasteiger partial charge in [-0.25, -0.2) is 0 Å². The summed E-state index contributed by atoms with van der Waals surface area (Å²) < 4.78 is 5.46. The van der Waals surface area contributed by atoms with Crippen LogP contribution >= 0.6 is 0 Å². The maximum absolute atomic E-state index is 5.46. The summed E-state index contributed by atoms with van der Waals surface area (Å²) in [5, 5.41) is 0. The second-order valence-electron chi connectivity index (χ2n) is 3.42. The summed E-state index contributed by atoms with van der Waals surface area (Å²) >= 11 is 0. The Morgan fingerprint density at radius 3 is 2.47 bits per heavy atom. The van der Waals surface area contributed by atoms with Crippen molar-refractivity contribution in [1.29, 1.82) is 0 Å². The lowest BCUT2D eigenvalue weighted by atomic mass is 10.2. The van der Waals surface area contributed by atoms with Gasteiger partial charge in [0.2, 0.25) is 0 Å². The lowest BCUT2D eigenvalue weighted by molar-refractivity contribution is 0.212. The fraction of sp³-hybridized carbons (Fsp3) is 0.143. The third-order valence-corrected chi connectivity index (χ3v) is 1.82. The molecule has 0 aliphatic rings. The number of ether oxygens (including phenoxy) is 1. The van der Waals surface area contributed by atoms with E-state index in [1.807, 2.05) is 49.4 Å². The highest BCUT2D eigenvalue weighted by molar-refractivity contribution is 5.20. The number of rotatable bonds is 5. The third kappa shape index (κ3) is 4.87. The average Bonchev–Trinajstić information content (AvgIpc) is 2.25. The molecule has 0 atom stereocenters. The lowest BCUT2D eigenvalue weighted by Gasteiger charge is -2.05. The van der Waals surface area contributed by atoms with Crippen LogP contribution in [-0.2, 0) is 11.3 Å². The first-order chi connectivity index (χ1) is 7.18. The largest absolute Gasteiger partial charge is 0.490 e. The minimum absolute atomic E-state index is 0.556. The van der Waals surface area contributed by atoms with Crippen molar-refractivity contribution in [3.63, 3.8) is 0 Å². The van der Waals surface area contributed by atoms with Crippen molar-refractivity contribution in [3.8, 4) is 0 Å². The van der Waals surface area contributed by atoms with E-state index >= 15 is 0 Å². The minimum atomic E-state index is 0.556. The SMILES string of the molecule is C=C(C)/C=C\C(=C)OCc1ccccc1. The molecule has 0 saturated heterocycles. The van der Waals surface area contributed by atoms with E-state index < -0.39 is 0 Å². The predicted octanol–water partition coefficient (Wildman–Crippen LogP) is 3.85. The topological polar surface area (TPSA) is 9.23 Å². The Morgan fingerprint density at radius 1 is 1.20 bits per heavy atom. The second-order valence-corrected chi connectivity index (χ2v) is 3.42. The Labute approximate surface area is 91.4 Å². The maximum atomic E-state index is 5.46. The monoisotopic (exact) mass is 200 g/mol. The van der Waals surface area contributed by atoms with Gasteiger partial charge in [0.05, 0.1) is 0 Å². The molecule has 0 radical (unpaired) electrons. The Balaban J connectivity index is 2.38. The van der Waals surface area contributed by atoms with Gasteiger partial charge in [0, 0.05) is 0 Å². The summed E-state index contributed by atoms with van der Waals surface area (Å²) in [6, 6.07) is 10.0. The molecule has 1 nitrogen and oxygen atoms in total. The summed E-state index contributed by atoms with van der Waals surface area (Å²) in [5.74, 6) is 0.654. The zero-order chi connectivity index (χ0) is 11.1. The highest BCUT2D eigenvalue weighted by Crippen LogP contribution is 2.06. The van der Waals surface area contributed by atoms with Gasteiger partial charge in [0.1, 0.15) is 12.4 Å². The molecule has 0 bridgehead atoms. The van der Waals surface area contributed by atoms with Crippen LogP contribution in [0.5, 0.6) is 0 Å². The van der Waals surface area contributed by atoms with E-state index in [4.69, 9.17) is 4.74 Å². The van der Waals surface area contributed by atoms with Crippen LogP contribution in [-0.4, -0.2) is 0 Å². The van der Waals surface area contributed by atoms with Crippen molar-refractivity contribution in [2.45, 2.75) is 13.5 Å². The van der Waals surface area contributed by atoms with Crippen LogP contribution in [0.3, 0.4) is 0 Å². The van der Waals surface area contributed by atoms with Crippen LogP contribution in [0.2, 0.25) is 0 Å². The second kappa shape index (κ2) is 5.86. The van der Waals surface area contributed by atoms with Crippen molar-refractivity contribution in [1.82, 2.24) is 0 Å². The van der Waals surface area contributed by atoms with Gasteiger partial charge in [-0.3, -0.25) is 0 Å². The van der Waals surface area contributed by atoms with Crippen LogP contribution in [0.25, 0.3) is 0 Å². The first-order valence-corrected chi connectivity index (χ1v) is 4.87. The van der Waals surface area contributed by atoms with Gasteiger partial charge < -0.3 is 4.74 Å². The first-order valence-electron chi connectivity index (χ1n) is 4.87. The number of hydrogen-bond acceptors (Lipinski definition) is 1. The lowest BCUT2D eigenvalue weighted by Crippen LogP contribution is -1.89. The zero-order valence-corrected chi connectivity index (χ0v) is 9.07. The van der Waals surface area contributed by atoms with Gasteiger partial charge in [-0.1, -0.05) is 55.1 Å². The van der Waals surface area contributed by atoms with Gasteiger partial charge in [0.25, 0.3) is 0 Å². The van der Waals surface area contributed by atoms with Gasteiger partial charge >= 0.3 is 0 Å².